The molecule has 2 amide bonds. The molecule has 1 heterocycles. The molecule has 160 valence electrons. The highest BCUT2D eigenvalue weighted by atomic mass is 32.2. The van der Waals surface area contributed by atoms with E-state index >= 15 is 0 Å². The molecular formula is C26H21NO4S. The maximum absolute atomic E-state index is 12.8. The molecule has 1 fully saturated rings. The maximum Gasteiger partial charge on any atom is 0.293 e. The first-order chi connectivity index (χ1) is 15.5. The normalized spacial score (nSPS) is 14.8. The summed E-state index contributed by atoms with van der Waals surface area (Å²) in [7, 11) is 0. The van der Waals surface area contributed by atoms with Crippen LogP contribution in [0.2, 0.25) is 0 Å². The number of benzene rings is 3. The first kappa shape index (κ1) is 21.6. The largest absolute Gasteiger partial charge is 0.488 e. The van der Waals surface area contributed by atoms with E-state index < -0.39 is 11.1 Å². The van der Waals surface area contributed by atoms with Gasteiger partial charge in [0.05, 0.1) is 11.4 Å². The number of nitrogens with zero attached hydrogens (tertiary/aromatic N) is 1. The second-order valence-electron chi connectivity index (χ2n) is 7.37. The number of hydrogen-bond donors (Lipinski definition) is 0. The lowest BCUT2D eigenvalue weighted by Crippen LogP contribution is -2.33. The van der Waals surface area contributed by atoms with Gasteiger partial charge in [0.25, 0.3) is 11.1 Å². The van der Waals surface area contributed by atoms with Gasteiger partial charge in [-0.25, -0.2) is 0 Å². The highest BCUT2D eigenvalue weighted by molar-refractivity contribution is 8.18. The standard InChI is InChI=1S/C26H21NO4S/c1-18-8-7-9-19(14-18)17-31-23-13-6-5-12-21(23)15-24-25(29)27(26(30)32-24)16-22(28)20-10-3-2-4-11-20/h2-15H,16-17H2,1H3/b24-15+. The average Bonchev–Trinajstić information content (AvgIpc) is 3.06. The minimum absolute atomic E-state index is 0.266. The Morgan fingerprint density at radius 3 is 2.50 bits per heavy atom. The number of carbonyl (C=O) groups excluding carboxylic acids is 3. The first-order valence-corrected chi connectivity index (χ1v) is 10.9. The van der Waals surface area contributed by atoms with Gasteiger partial charge in [-0.1, -0.05) is 78.4 Å². The summed E-state index contributed by atoms with van der Waals surface area (Å²) in [5, 5.41) is -0.455. The van der Waals surface area contributed by atoms with E-state index in [2.05, 4.69) is 6.07 Å². The van der Waals surface area contributed by atoms with Gasteiger partial charge < -0.3 is 4.74 Å². The molecular weight excluding hydrogens is 422 g/mol. The van der Waals surface area contributed by atoms with E-state index in [0.29, 0.717) is 23.5 Å². The van der Waals surface area contributed by atoms with E-state index in [1.165, 1.54) is 0 Å². The van der Waals surface area contributed by atoms with Crippen molar-refractivity contribution in [3.63, 3.8) is 0 Å². The van der Waals surface area contributed by atoms with Crippen molar-refractivity contribution < 1.29 is 19.1 Å². The molecule has 5 nitrogen and oxygen atoms in total. The van der Waals surface area contributed by atoms with Crippen LogP contribution < -0.4 is 4.74 Å². The Labute approximate surface area is 190 Å². The molecule has 3 aromatic rings. The van der Waals surface area contributed by atoms with Gasteiger partial charge in [-0.05, 0) is 36.4 Å². The van der Waals surface area contributed by atoms with E-state index in [4.69, 9.17) is 4.74 Å². The molecule has 0 aromatic heterocycles. The number of thioether (sulfide) groups is 1. The highest BCUT2D eigenvalue weighted by Gasteiger charge is 2.36. The number of imide groups is 1. The smallest absolute Gasteiger partial charge is 0.293 e. The first-order valence-electron chi connectivity index (χ1n) is 10.1. The van der Waals surface area contributed by atoms with Crippen molar-refractivity contribution in [2.45, 2.75) is 13.5 Å². The van der Waals surface area contributed by atoms with Crippen molar-refractivity contribution in [1.29, 1.82) is 0 Å². The van der Waals surface area contributed by atoms with Gasteiger partial charge in [0.1, 0.15) is 12.4 Å². The predicted molar refractivity (Wildman–Crippen MR) is 125 cm³/mol. The molecule has 0 spiro atoms. The summed E-state index contributed by atoms with van der Waals surface area (Å²) in [6.07, 6.45) is 1.64. The fourth-order valence-electron chi connectivity index (χ4n) is 3.33. The van der Waals surface area contributed by atoms with Crippen LogP contribution in [0.15, 0.2) is 83.8 Å². The third kappa shape index (κ3) is 4.98. The minimum Gasteiger partial charge on any atom is -0.488 e. The summed E-state index contributed by atoms with van der Waals surface area (Å²) in [6.45, 7) is 2.13. The van der Waals surface area contributed by atoms with Crippen molar-refractivity contribution in [3.8, 4) is 5.75 Å². The summed E-state index contributed by atoms with van der Waals surface area (Å²) >= 11 is 0.830. The number of ether oxygens (including phenoxy) is 1. The second kappa shape index (κ2) is 9.66. The van der Waals surface area contributed by atoms with Crippen LogP contribution in [0.5, 0.6) is 5.75 Å². The zero-order valence-electron chi connectivity index (χ0n) is 17.5. The van der Waals surface area contributed by atoms with Crippen LogP contribution in [-0.2, 0) is 11.4 Å². The fraction of sp³-hybridized carbons (Fsp3) is 0.115. The lowest BCUT2D eigenvalue weighted by atomic mass is 10.1. The second-order valence-corrected chi connectivity index (χ2v) is 8.37. The average molecular weight is 444 g/mol. The number of para-hydroxylation sites is 1. The van der Waals surface area contributed by atoms with Gasteiger partial charge in [0.15, 0.2) is 5.78 Å². The summed E-state index contributed by atoms with van der Waals surface area (Å²) in [6, 6.07) is 24.0. The Morgan fingerprint density at radius 1 is 0.969 bits per heavy atom. The molecule has 1 aliphatic heterocycles. The van der Waals surface area contributed by atoms with Crippen LogP contribution in [0.4, 0.5) is 4.79 Å². The molecule has 32 heavy (non-hydrogen) atoms. The van der Waals surface area contributed by atoms with Gasteiger partial charge >= 0.3 is 0 Å². The molecule has 0 saturated carbocycles. The Kier molecular flexibility index (Phi) is 6.52. The zero-order chi connectivity index (χ0) is 22.5. The van der Waals surface area contributed by atoms with Gasteiger partial charge in [-0.2, -0.15) is 0 Å². The molecule has 1 aliphatic rings. The number of Topliss-reactive ketones (excluding diaryl/α,β-unsaturated/α-hetero) is 1. The number of hydrogen-bond acceptors (Lipinski definition) is 5. The summed E-state index contributed by atoms with van der Waals surface area (Å²) < 4.78 is 5.98. The maximum atomic E-state index is 12.8. The lowest BCUT2D eigenvalue weighted by molar-refractivity contribution is -0.122. The minimum atomic E-state index is -0.474. The van der Waals surface area contributed by atoms with Crippen molar-refractivity contribution in [3.05, 3.63) is 106 Å². The number of rotatable bonds is 7. The zero-order valence-corrected chi connectivity index (χ0v) is 18.3. The van der Waals surface area contributed by atoms with E-state index in [9.17, 15) is 14.4 Å². The van der Waals surface area contributed by atoms with Gasteiger partial charge in [-0.3, -0.25) is 19.3 Å². The Bertz CT molecular complexity index is 1200. The number of amides is 2. The molecule has 3 aromatic carbocycles. The number of aryl methyl sites for hydroxylation is 1. The predicted octanol–water partition coefficient (Wildman–Crippen LogP) is 5.49. The van der Waals surface area contributed by atoms with Crippen LogP contribution in [0.25, 0.3) is 6.08 Å². The molecule has 0 atom stereocenters. The third-order valence-corrected chi connectivity index (χ3v) is 5.86. The van der Waals surface area contributed by atoms with Crippen LogP contribution in [0.3, 0.4) is 0 Å². The van der Waals surface area contributed by atoms with Gasteiger partial charge in [-0.15, -0.1) is 0 Å². The quantitative estimate of drug-likeness (QED) is 0.357. The summed E-state index contributed by atoms with van der Waals surface area (Å²) in [4.78, 5) is 39.0. The molecule has 1 saturated heterocycles. The Balaban J connectivity index is 1.50. The third-order valence-electron chi connectivity index (χ3n) is 4.95. The number of carbonyl (C=O) groups is 3. The number of ketones is 1. The lowest BCUT2D eigenvalue weighted by Gasteiger charge is -2.11. The molecule has 0 unspecified atom stereocenters. The molecule has 0 bridgehead atoms. The van der Waals surface area contributed by atoms with E-state index in [-0.39, 0.29) is 17.2 Å². The van der Waals surface area contributed by atoms with E-state index in [1.54, 1.807) is 36.4 Å². The summed E-state index contributed by atoms with van der Waals surface area (Å²) in [5.74, 6) is -0.144. The van der Waals surface area contributed by atoms with Crippen LogP contribution in [-0.4, -0.2) is 28.4 Å². The Hall–Kier alpha value is -3.64. The monoisotopic (exact) mass is 443 g/mol. The topological polar surface area (TPSA) is 63.7 Å². The van der Waals surface area contributed by atoms with Crippen LogP contribution >= 0.6 is 11.8 Å². The van der Waals surface area contributed by atoms with E-state index in [1.807, 2.05) is 49.4 Å². The Morgan fingerprint density at radius 2 is 1.72 bits per heavy atom. The van der Waals surface area contributed by atoms with Crippen LogP contribution in [0, 0.1) is 6.92 Å². The van der Waals surface area contributed by atoms with Crippen molar-refractivity contribution in [1.82, 2.24) is 4.90 Å². The molecule has 6 heteroatoms. The van der Waals surface area contributed by atoms with Gasteiger partial charge in [0.2, 0.25) is 0 Å². The SMILES string of the molecule is Cc1cccc(COc2ccccc2/C=C2/SC(=O)N(CC(=O)c3ccccc3)C2=O)c1. The van der Waals surface area contributed by atoms with E-state index in [0.717, 1.165) is 27.8 Å². The molecule has 0 radical (unpaired) electrons. The van der Waals surface area contributed by atoms with Crippen molar-refractivity contribution in [2.75, 3.05) is 6.54 Å². The molecule has 0 N–H and O–H groups in total. The van der Waals surface area contributed by atoms with Crippen LogP contribution in [0.1, 0.15) is 27.0 Å². The fourth-order valence-corrected chi connectivity index (χ4v) is 4.16. The summed E-state index contributed by atoms with van der Waals surface area (Å²) in [5.41, 5.74) is 3.35. The molecule has 4 rings (SSSR count). The highest BCUT2D eigenvalue weighted by Crippen LogP contribution is 2.34. The van der Waals surface area contributed by atoms with Crippen molar-refractivity contribution in [2.24, 2.45) is 0 Å². The van der Waals surface area contributed by atoms with Gasteiger partial charge in [0, 0.05) is 11.1 Å². The van der Waals surface area contributed by atoms with Crippen molar-refractivity contribution >= 4 is 34.8 Å². The molecule has 0 aliphatic carbocycles.